The van der Waals surface area contributed by atoms with Crippen molar-refractivity contribution < 1.29 is 9.13 Å². The molecule has 0 bridgehead atoms. The van der Waals surface area contributed by atoms with E-state index in [0.29, 0.717) is 27.7 Å². The van der Waals surface area contributed by atoms with Crippen LogP contribution in [0.5, 0.6) is 11.6 Å². The summed E-state index contributed by atoms with van der Waals surface area (Å²) in [7, 11) is 0. The van der Waals surface area contributed by atoms with Crippen molar-refractivity contribution in [1.29, 1.82) is 0 Å². The van der Waals surface area contributed by atoms with Gasteiger partial charge in [0.05, 0.1) is 16.0 Å². The Balaban J connectivity index is 2.22. The van der Waals surface area contributed by atoms with Crippen molar-refractivity contribution in [2.75, 3.05) is 0 Å². The Morgan fingerprint density at radius 1 is 1.29 bits per heavy atom. The summed E-state index contributed by atoms with van der Waals surface area (Å²) in [6, 6.07) is 9.80. The quantitative estimate of drug-likeness (QED) is 0.777. The third-order valence-corrected chi connectivity index (χ3v) is 2.95. The van der Waals surface area contributed by atoms with Gasteiger partial charge in [0, 0.05) is 12.1 Å². The van der Waals surface area contributed by atoms with E-state index in [2.05, 4.69) is 20.9 Å². The second-order valence-corrected chi connectivity index (χ2v) is 4.40. The van der Waals surface area contributed by atoms with Gasteiger partial charge in [0.2, 0.25) is 5.88 Å². The number of alkyl halides is 1. The number of aromatic nitrogens is 1. The van der Waals surface area contributed by atoms with Crippen LogP contribution in [0.1, 0.15) is 5.69 Å². The third-order valence-electron chi connectivity index (χ3n) is 2.03. The second-order valence-electron chi connectivity index (χ2n) is 3.28. The molecule has 0 N–H and O–H groups in total. The van der Waals surface area contributed by atoms with Crippen molar-refractivity contribution in [2.24, 2.45) is 0 Å². The minimum Gasteiger partial charge on any atom is -0.439 e. The molecule has 0 aliphatic carbocycles. The lowest BCUT2D eigenvalue weighted by Gasteiger charge is -2.06. The predicted molar refractivity (Wildman–Crippen MR) is 68.0 cm³/mol. The summed E-state index contributed by atoms with van der Waals surface area (Å²) < 4.78 is 19.1. The predicted octanol–water partition coefficient (Wildman–Crippen LogP) is 4.51. The van der Waals surface area contributed by atoms with Crippen molar-refractivity contribution in [3.63, 3.8) is 0 Å². The van der Waals surface area contributed by atoms with Crippen molar-refractivity contribution >= 4 is 27.5 Å². The molecule has 0 radical (unpaired) electrons. The van der Waals surface area contributed by atoms with Gasteiger partial charge in [-0.2, -0.15) is 0 Å². The maximum absolute atomic E-state index is 13.3. The summed E-state index contributed by atoms with van der Waals surface area (Å²) in [6.45, 7) is 0. The molecule has 1 aromatic heterocycles. The van der Waals surface area contributed by atoms with Crippen LogP contribution < -0.4 is 4.74 Å². The first-order chi connectivity index (χ1) is 8.19. The zero-order valence-electron chi connectivity index (χ0n) is 8.66. The Kier molecular flexibility index (Phi) is 3.97. The van der Waals surface area contributed by atoms with Crippen LogP contribution in [0.25, 0.3) is 0 Å². The lowest BCUT2D eigenvalue weighted by molar-refractivity contribution is 0.456. The van der Waals surface area contributed by atoms with Gasteiger partial charge in [-0.3, -0.25) is 0 Å². The Labute approximate surface area is 112 Å². The summed E-state index contributed by atoms with van der Waals surface area (Å²) in [6.07, 6.45) is 0. The molecule has 0 amide bonds. The van der Waals surface area contributed by atoms with Gasteiger partial charge in [-0.1, -0.05) is 6.07 Å². The molecule has 0 saturated carbocycles. The molecule has 0 unspecified atom stereocenters. The van der Waals surface area contributed by atoms with Gasteiger partial charge in [0.25, 0.3) is 0 Å². The Morgan fingerprint density at radius 2 is 2.12 bits per heavy atom. The molecule has 1 heterocycles. The second kappa shape index (κ2) is 5.47. The molecule has 0 saturated heterocycles. The first-order valence-corrected chi connectivity index (χ1v) is 6.16. The first kappa shape index (κ1) is 12.3. The number of benzene rings is 1. The fourth-order valence-corrected chi connectivity index (χ4v) is 1.65. The Bertz CT molecular complexity index is 536. The number of pyridine rings is 1. The molecule has 0 atom stereocenters. The Morgan fingerprint density at radius 3 is 2.82 bits per heavy atom. The van der Waals surface area contributed by atoms with E-state index < -0.39 is 0 Å². The molecule has 0 spiro atoms. The van der Waals surface area contributed by atoms with Crippen molar-refractivity contribution in [3.05, 3.63) is 52.4 Å². The molecule has 1 aromatic carbocycles. The van der Waals surface area contributed by atoms with Gasteiger partial charge in [0.1, 0.15) is 11.6 Å². The highest BCUT2D eigenvalue weighted by atomic mass is 79.9. The molecular formula is C12H8BrClFNO. The first-order valence-electron chi connectivity index (χ1n) is 4.84. The van der Waals surface area contributed by atoms with Crippen LogP contribution in [-0.2, 0) is 5.88 Å². The van der Waals surface area contributed by atoms with E-state index in [-0.39, 0.29) is 5.82 Å². The van der Waals surface area contributed by atoms with Crippen LogP contribution in [0.4, 0.5) is 4.39 Å². The molecule has 2 aromatic rings. The molecule has 5 heteroatoms. The highest BCUT2D eigenvalue weighted by Gasteiger charge is 2.04. The monoisotopic (exact) mass is 315 g/mol. The summed E-state index contributed by atoms with van der Waals surface area (Å²) in [4.78, 5) is 4.15. The fourth-order valence-electron chi connectivity index (χ4n) is 1.25. The van der Waals surface area contributed by atoms with E-state index in [1.807, 2.05) is 0 Å². The van der Waals surface area contributed by atoms with Gasteiger partial charge in [-0.15, -0.1) is 11.6 Å². The smallest absolute Gasteiger partial charge is 0.219 e. The summed E-state index contributed by atoms with van der Waals surface area (Å²) in [5, 5.41) is 0. The molecule has 88 valence electrons. The zero-order valence-corrected chi connectivity index (χ0v) is 11.0. The summed E-state index contributed by atoms with van der Waals surface area (Å²) >= 11 is 8.74. The third kappa shape index (κ3) is 3.17. The number of nitrogens with zero attached hydrogens (tertiary/aromatic N) is 1. The number of hydrogen-bond acceptors (Lipinski definition) is 2. The molecule has 0 aliphatic heterocycles. The number of ether oxygens (including phenoxy) is 1. The van der Waals surface area contributed by atoms with E-state index in [1.54, 1.807) is 30.3 Å². The zero-order chi connectivity index (χ0) is 12.3. The molecule has 17 heavy (non-hydrogen) atoms. The van der Waals surface area contributed by atoms with Gasteiger partial charge >= 0.3 is 0 Å². The lowest BCUT2D eigenvalue weighted by atomic mass is 10.3. The van der Waals surface area contributed by atoms with Crippen molar-refractivity contribution in [1.82, 2.24) is 4.98 Å². The molecule has 0 aliphatic rings. The fraction of sp³-hybridized carbons (Fsp3) is 0.0833. The summed E-state index contributed by atoms with van der Waals surface area (Å²) in [5.41, 5.74) is 0.710. The van der Waals surface area contributed by atoms with Crippen LogP contribution in [0.2, 0.25) is 0 Å². The van der Waals surface area contributed by atoms with Crippen LogP contribution in [-0.4, -0.2) is 4.98 Å². The van der Waals surface area contributed by atoms with E-state index in [9.17, 15) is 4.39 Å². The van der Waals surface area contributed by atoms with Crippen LogP contribution >= 0.6 is 27.5 Å². The average molecular weight is 317 g/mol. The Hall–Kier alpha value is -1.13. The maximum atomic E-state index is 13.3. The van der Waals surface area contributed by atoms with E-state index >= 15 is 0 Å². The van der Waals surface area contributed by atoms with Crippen LogP contribution in [0.15, 0.2) is 40.9 Å². The highest BCUT2D eigenvalue weighted by molar-refractivity contribution is 9.10. The molecular weight excluding hydrogens is 308 g/mol. The lowest BCUT2D eigenvalue weighted by Crippen LogP contribution is -1.91. The topological polar surface area (TPSA) is 22.1 Å². The SMILES string of the molecule is Fc1cc(Oc2cccc(CCl)n2)ccc1Br. The van der Waals surface area contributed by atoms with Gasteiger partial charge in [-0.05, 0) is 34.1 Å². The van der Waals surface area contributed by atoms with E-state index in [1.165, 1.54) is 6.07 Å². The van der Waals surface area contributed by atoms with Gasteiger partial charge in [0.15, 0.2) is 0 Å². The number of rotatable bonds is 3. The van der Waals surface area contributed by atoms with E-state index in [0.717, 1.165) is 0 Å². The van der Waals surface area contributed by atoms with Crippen LogP contribution in [0, 0.1) is 5.82 Å². The molecule has 2 rings (SSSR count). The number of hydrogen-bond donors (Lipinski definition) is 0. The van der Waals surface area contributed by atoms with Gasteiger partial charge < -0.3 is 4.74 Å². The maximum Gasteiger partial charge on any atom is 0.219 e. The molecule has 0 fully saturated rings. The minimum atomic E-state index is -0.379. The van der Waals surface area contributed by atoms with Crippen molar-refractivity contribution in [3.8, 4) is 11.6 Å². The average Bonchev–Trinajstić information content (AvgIpc) is 2.34. The summed E-state index contributed by atoms with van der Waals surface area (Å²) in [5.74, 6) is 0.720. The highest BCUT2D eigenvalue weighted by Crippen LogP contribution is 2.24. The number of halogens is 3. The minimum absolute atomic E-state index is 0.311. The van der Waals surface area contributed by atoms with E-state index in [4.69, 9.17) is 16.3 Å². The van der Waals surface area contributed by atoms with Gasteiger partial charge in [-0.25, -0.2) is 9.37 Å². The molecule has 2 nitrogen and oxygen atoms in total. The standard InChI is InChI=1S/C12H8BrClFNO/c13-10-5-4-9(6-11(10)15)17-12-3-1-2-8(7-14)16-12/h1-6H,7H2. The normalized spacial score (nSPS) is 10.3. The largest absolute Gasteiger partial charge is 0.439 e. The van der Waals surface area contributed by atoms with Crippen LogP contribution in [0.3, 0.4) is 0 Å². The van der Waals surface area contributed by atoms with Crippen molar-refractivity contribution in [2.45, 2.75) is 5.88 Å².